The zero-order valence-electron chi connectivity index (χ0n) is 19.3. The number of aryl methyl sites for hydroxylation is 1. The van der Waals surface area contributed by atoms with E-state index in [4.69, 9.17) is 4.98 Å². The first-order valence-electron chi connectivity index (χ1n) is 11.2. The Morgan fingerprint density at radius 3 is 2.65 bits per heavy atom. The maximum absolute atomic E-state index is 13.4. The number of fused-ring (bicyclic) bond motifs is 1. The van der Waals surface area contributed by atoms with Crippen molar-refractivity contribution in [3.05, 3.63) is 90.0 Å². The molecule has 8 nitrogen and oxygen atoms in total. The van der Waals surface area contributed by atoms with Gasteiger partial charge in [0.15, 0.2) is 11.5 Å². The molecular weight excluding hydrogens is 426 g/mol. The van der Waals surface area contributed by atoms with Crippen LogP contribution in [0.3, 0.4) is 0 Å². The first-order valence-corrected chi connectivity index (χ1v) is 11.2. The van der Waals surface area contributed by atoms with E-state index in [1.165, 1.54) is 0 Å². The van der Waals surface area contributed by atoms with Gasteiger partial charge < -0.3 is 5.32 Å². The quantitative estimate of drug-likeness (QED) is 0.397. The lowest BCUT2D eigenvalue weighted by molar-refractivity contribution is 0.102. The summed E-state index contributed by atoms with van der Waals surface area (Å²) in [6.07, 6.45) is 7.05. The molecule has 0 aliphatic rings. The second kappa shape index (κ2) is 8.90. The number of anilines is 1. The number of aromatic nitrogens is 6. The number of nitrogens with one attached hydrogen (secondary N) is 1. The molecule has 170 valence electrons. The minimum Gasteiger partial charge on any atom is -0.305 e. The Bertz CT molecular complexity index is 1470. The topological polar surface area (TPSA) is 90.5 Å². The van der Waals surface area contributed by atoms with Crippen LogP contribution in [0.5, 0.6) is 0 Å². The molecule has 0 aliphatic carbocycles. The molecule has 1 amide bonds. The van der Waals surface area contributed by atoms with E-state index in [0.29, 0.717) is 29.0 Å². The van der Waals surface area contributed by atoms with Crippen LogP contribution in [0.1, 0.15) is 41.4 Å². The summed E-state index contributed by atoms with van der Waals surface area (Å²) in [5.74, 6) is 0.234. The SMILES string of the molecule is Cc1ccccc1-c1cc(C(=O)Nc2ccn(Cc3ccncc3)n2)c2cnn(C(C)C)c2n1. The summed E-state index contributed by atoms with van der Waals surface area (Å²) in [7, 11) is 0. The Morgan fingerprint density at radius 1 is 1.09 bits per heavy atom. The van der Waals surface area contributed by atoms with Crippen LogP contribution >= 0.6 is 0 Å². The number of rotatable bonds is 6. The first kappa shape index (κ1) is 21.5. The van der Waals surface area contributed by atoms with Gasteiger partial charge >= 0.3 is 0 Å². The van der Waals surface area contributed by atoms with E-state index in [1.807, 2.05) is 74.1 Å². The molecule has 1 N–H and O–H groups in total. The molecule has 0 bridgehead atoms. The molecule has 0 spiro atoms. The highest BCUT2D eigenvalue weighted by atomic mass is 16.1. The standard InChI is InChI=1S/C26H25N7O/c1-17(2)33-25-22(15-28-33)21(14-23(29-25)20-7-5-4-6-18(20)3)26(34)30-24-10-13-32(31-24)16-19-8-11-27-12-9-19/h4-15,17H,16H2,1-3H3,(H,30,31,34). The Labute approximate surface area is 197 Å². The van der Waals surface area contributed by atoms with Crippen molar-refractivity contribution in [2.45, 2.75) is 33.4 Å². The zero-order chi connectivity index (χ0) is 23.7. The van der Waals surface area contributed by atoms with Gasteiger partial charge in [-0.2, -0.15) is 10.2 Å². The summed E-state index contributed by atoms with van der Waals surface area (Å²) in [6, 6.07) is 15.6. The van der Waals surface area contributed by atoms with Crippen molar-refractivity contribution in [3.63, 3.8) is 0 Å². The van der Waals surface area contributed by atoms with Gasteiger partial charge in [-0.05, 0) is 50.1 Å². The van der Waals surface area contributed by atoms with Gasteiger partial charge in [0.05, 0.1) is 29.4 Å². The van der Waals surface area contributed by atoms with E-state index >= 15 is 0 Å². The van der Waals surface area contributed by atoms with Crippen LogP contribution in [0.2, 0.25) is 0 Å². The number of benzene rings is 1. The van der Waals surface area contributed by atoms with E-state index in [1.54, 1.807) is 29.3 Å². The largest absolute Gasteiger partial charge is 0.305 e. The van der Waals surface area contributed by atoms with Gasteiger partial charge in [0, 0.05) is 36.3 Å². The minimum atomic E-state index is -0.250. The second-order valence-corrected chi connectivity index (χ2v) is 8.50. The van der Waals surface area contributed by atoms with Crippen LogP contribution in [0.25, 0.3) is 22.3 Å². The third kappa shape index (κ3) is 4.17. The third-order valence-electron chi connectivity index (χ3n) is 5.70. The maximum atomic E-state index is 13.4. The van der Waals surface area contributed by atoms with Crippen LogP contribution in [-0.2, 0) is 6.54 Å². The van der Waals surface area contributed by atoms with Crippen molar-refractivity contribution in [2.75, 3.05) is 5.32 Å². The first-order chi connectivity index (χ1) is 16.5. The summed E-state index contributed by atoms with van der Waals surface area (Å²) in [5.41, 5.74) is 5.09. The molecule has 0 atom stereocenters. The zero-order valence-corrected chi connectivity index (χ0v) is 19.3. The molecule has 34 heavy (non-hydrogen) atoms. The van der Waals surface area contributed by atoms with Crippen molar-refractivity contribution in [3.8, 4) is 11.3 Å². The molecule has 0 saturated carbocycles. The number of carbonyl (C=O) groups excluding carboxylic acids is 1. The predicted octanol–water partition coefficient (Wildman–Crippen LogP) is 4.88. The number of nitrogens with zero attached hydrogens (tertiary/aromatic N) is 6. The Balaban J connectivity index is 1.50. The normalized spacial score (nSPS) is 11.3. The maximum Gasteiger partial charge on any atom is 0.257 e. The molecule has 4 heterocycles. The molecule has 5 rings (SSSR count). The van der Waals surface area contributed by atoms with Gasteiger partial charge in [-0.1, -0.05) is 24.3 Å². The van der Waals surface area contributed by atoms with E-state index in [0.717, 1.165) is 22.4 Å². The summed E-state index contributed by atoms with van der Waals surface area (Å²) < 4.78 is 3.62. The van der Waals surface area contributed by atoms with E-state index in [9.17, 15) is 4.79 Å². The molecule has 1 aromatic carbocycles. The highest BCUT2D eigenvalue weighted by molar-refractivity contribution is 6.12. The van der Waals surface area contributed by atoms with Crippen LogP contribution in [-0.4, -0.2) is 35.4 Å². The fraction of sp³-hybridized carbons (Fsp3) is 0.192. The smallest absolute Gasteiger partial charge is 0.257 e. The van der Waals surface area contributed by atoms with Gasteiger partial charge in [-0.25, -0.2) is 9.67 Å². The lowest BCUT2D eigenvalue weighted by Gasteiger charge is -2.12. The van der Waals surface area contributed by atoms with Gasteiger partial charge in [-0.15, -0.1) is 0 Å². The molecule has 0 aliphatic heterocycles. The van der Waals surface area contributed by atoms with Crippen LogP contribution in [0.15, 0.2) is 73.3 Å². The molecule has 0 radical (unpaired) electrons. The molecule has 8 heteroatoms. The molecular formula is C26H25N7O. The Morgan fingerprint density at radius 2 is 1.88 bits per heavy atom. The minimum absolute atomic E-state index is 0.108. The van der Waals surface area contributed by atoms with Crippen molar-refractivity contribution < 1.29 is 4.79 Å². The average molecular weight is 452 g/mol. The Hall–Kier alpha value is -4.33. The van der Waals surface area contributed by atoms with Crippen molar-refractivity contribution >= 4 is 22.8 Å². The molecule has 0 unspecified atom stereocenters. The van der Waals surface area contributed by atoms with Gasteiger partial charge in [0.1, 0.15) is 0 Å². The molecule has 4 aromatic heterocycles. The highest BCUT2D eigenvalue weighted by Gasteiger charge is 2.20. The van der Waals surface area contributed by atoms with Gasteiger partial charge in [0.2, 0.25) is 0 Å². The number of pyridine rings is 2. The van der Waals surface area contributed by atoms with Crippen molar-refractivity contribution in [1.82, 2.24) is 29.5 Å². The Kier molecular flexibility index (Phi) is 5.63. The monoisotopic (exact) mass is 451 g/mol. The van der Waals surface area contributed by atoms with Crippen LogP contribution in [0.4, 0.5) is 5.82 Å². The molecule has 0 saturated heterocycles. The highest BCUT2D eigenvalue weighted by Crippen LogP contribution is 2.28. The van der Waals surface area contributed by atoms with Crippen LogP contribution < -0.4 is 5.32 Å². The number of hydrogen-bond donors (Lipinski definition) is 1. The lowest BCUT2D eigenvalue weighted by atomic mass is 10.0. The number of hydrogen-bond acceptors (Lipinski definition) is 5. The number of carbonyl (C=O) groups is 1. The van der Waals surface area contributed by atoms with E-state index in [-0.39, 0.29) is 11.9 Å². The number of amides is 1. The predicted molar refractivity (Wildman–Crippen MR) is 132 cm³/mol. The van der Waals surface area contributed by atoms with E-state index < -0.39 is 0 Å². The average Bonchev–Trinajstić information content (AvgIpc) is 3.46. The molecule has 0 fully saturated rings. The van der Waals surface area contributed by atoms with Gasteiger partial charge in [-0.3, -0.25) is 14.5 Å². The lowest BCUT2D eigenvalue weighted by Crippen LogP contribution is -2.14. The third-order valence-corrected chi connectivity index (χ3v) is 5.70. The summed E-state index contributed by atoms with van der Waals surface area (Å²) in [5, 5.41) is 12.7. The fourth-order valence-corrected chi connectivity index (χ4v) is 3.96. The van der Waals surface area contributed by atoms with Crippen molar-refractivity contribution in [2.24, 2.45) is 0 Å². The van der Waals surface area contributed by atoms with Crippen LogP contribution in [0, 0.1) is 6.92 Å². The van der Waals surface area contributed by atoms with Gasteiger partial charge in [0.25, 0.3) is 5.91 Å². The summed E-state index contributed by atoms with van der Waals surface area (Å²) in [6.45, 7) is 6.72. The summed E-state index contributed by atoms with van der Waals surface area (Å²) >= 11 is 0. The van der Waals surface area contributed by atoms with E-state index in [2.05, 4.69) is 20.5 Å². The summed E-state index contributed by atoms with van der Waals surface area (Å²) in [4.78, 5) is 22.3. The second-order valence-electron chi connectivity index (χ2n) is 8.50. The van der Waals surface area contributed by atoms with Crippen molar-refractivity contribution in [1.29, 1.82) is 0 Å². The molecule has 5 aromatic rings. The fourth-order valence-electron chi connectivity index (χ4n) is 3.96.